The molecule has 2 rings (SSSR count). The van der Waals surface area contributed by atoms with Crippen molar-refractivity contribution in [1.82, 2.24) is 0 Å². The second-order valence-corrected chi connectivity index (χ2v) is 4.29. The van der Waals surface area contributed by atoms with Gasteiger partial charge in [-0.1, -0.05) is 29.8 Å². The van der Waals surface area contributed by atoms with Crippen molar-refractivity contribution in [3.8, 4) is 0 Å². The molecule has 0 spiro atoms. The Kier molecular flexibility index (Phi) is 3.11. The van der Waals surface area contributed by atoms with E-state index in [0.29, 0.717) is 0 Å². The predicted octanol–water partition coefficient (Wildman–Crippen LogP) is 3.14. The molecule has 1 aromatic carbocycles. The Bertz CT molecular complexity index is 473. The second-order valence-electron chi connectivity index (χ2n) is 4.29. The van der Waals surface area contributed by atoms with Gasteiger partial charge in [-0.3, -0.25) is 0 Å². The van der Waals surface area contributed by atoms with E-state index in [9.17, 15) is 0 Å². The third-order valence-corrected chi connectivity index (χ3v) is 2.72. The fourth-order valence-electron chi connectivity index (χ4n) is 1.87. The minimum Gasteiger partial charge on any atom is -0.469 e. The molecule has 0 aliphatic rings. The molecule has 0 bridgehead atoms. The molecule has 2 heteroatoms. The second kappa shape index (κ2) is 4.54. The monoisotopic (exact) mass is 215 g/mol. The lowest BCUT2D eigenvalue weighted by Crippen LogP contribution is -2.12. The lowest BCUT2D eigenvalue weighted by molar-refractivity contribution is 0.528. The molecule has 0 radical (unpaired) electrons. The zero-order valence-corrected chi connectivity index (χ0v) is 9.73. The van der Waals surface area contributed by atoms with Gasteiger partial charge in [0.1, 0.15) is 5.76 Å². The molecule has 0 saturated heterocycles. The Morgan fingerprint density at radius 3 is 2.69 bits per heavy atom. The van der Waals surface area contributed by atoms with Crippen LogP contribution in [-0.4, -0.2) is 0 Å². The quantitative estimate of drug-likeness (QED) is 0.854. The molecule has 0 aliphatic heterocycles. The predicted molar refractivity (Wildman–Crippen MR) is 65.3 cm³/mol. The molecule has 84 valence electrons. The number of nitrogens with two attached hydrogens (primary N) is 1. The molecule has 1 heterocycles. The van der Waals surface area contributed by atoms with Crippen molar-refractivity contribution in [1.29, 1.82) is 0 Å². The Hall–Kier alpha value is -1.54. The van der Waals surface area contributed by atoms with Crippen molar-refractivity contribution in [2.75, 3.05) is 0 Å². The van der Waals surface area contributed by atoms with Crippen molar-refractivity contribution in [2.45, 2.75) is 26.3 Å². The minimum atomic E-state index is 0.0132. The van der Waals surface area contributed by atoms with Crippen molar-refractivity contribution in [2.24, 2.45) is 5.73 Å². The van der Waals surface area contributed by atoms with E-state index in [2.05, 4.69) is 31.2 Å². The number of rotatable bonds is 3. The average molecular weight is 215 g/mol. The summed E-state index contributed by atoms with van der Waals surface area (Å²) in [4.78, 5) is 0. The molecule has 2 N–H and O–H groups in total. The highest BCUT2D eigenvalue weighted by Gasteiger charge is 2.09. The van der Waals surface area contributed by atoms with Gasteiger partial charge in [-0.05, 0) is 31.9 Å². The summed E-state index contributed by atoms with van der Waals surface area (Å²) in [5.41, 5.74) is 9.74. The molecule has 2 nitrogen and oxygen atoms in total. The lowest BCUT2D eigenvalue weighted by Gasteiger charge is -2.09. The largest absolute Gasteiger partial charge is 0.469 e. The van der Waals surface area contributed by atoms with Crippen LogP contribution in [-0.2, 0) is 6.42 Å². The first-order chi connectivity index (χ1) is 7.65. The van der Waals surface area contributed by atoms with Crippen LogP contribution in [0.15, 0.2) is 41.0 Å². The van der Waals surface area contributed by atoms with E-state index in [-0.39, 0.29) is 6.04 Å². The summed E-state index contributed by atoms with van der Waals surface area (Å²) in [6, 6.07) is 10.5. The Morgan fingerprint density at radius 1 is 1.25 bits per heavy atom. The zero-order valence-electron chi connectivity index (χ0n) is 9.73. The number of hydrogen-bond donors (Lipinski definition) is 1. The summed E-state index contributed by atoms with van der Waals surface area (Å²) >= 11 is 0. The van der Waals surface area contributed by atoms with Crippen LogP contribution in [0.3, 0.4) is 0 Å². The van der Waals surface area contributed by atoms with Crippen LogP contribution in [0.1, 0.15) is 28.5 Å². The number of hydrogen-bond acceptors (Lipinski definition) is 2. The van der Waals surface area contributed by atoms with Gasteiger partial charge in [-0.2, -0.15) is 0 Å². The van der Waals surface area contributed by atoms with Gasteiger partial charge in [-0.15, -0.1) is 0 Å². The molecule has 1 atom stereocenters. The van der Waals surface area contributed by atoms with E-state index < -0.39 is 0 Å². The average Bonchev–Trinajstić information content (AvgIpc) is 2.65. The molecule has 1 unspecified atom stereocenters. The van der Waals surface area contributed by atoms with Crippen molar-refractivity contribution >= 4 is 0 Å². The van der Waals surface area contributed by atoms with E-state index in [1.807, 2.05) is 13.0 Å². The summed E-state index contributed by atoms with van der Waals surface area (Å²) in [5.74, 6) is 0.912. The van der Waals surface area contributed by atoms with Crippen LogP contribution in [0.25, 0.3) is 0 Å². The first-order valence-electron chi connectivity index (χ1n) is 5.51. The van der Waals surface area contributed by atoms with Gasteiger partial charge in [0.2, 0.25) is 0 Å². The molecule has 16 heavy (non-hydrogen) atoms. The summed E-state index contributed by atoms with van der Waals surface area (Å²) in [6.07, 6.45) is 2.59. The van der Waals surface area contributed by atoms with E-state index in [1.54, 1.807) is 6.26 Å². The maximum Gasteiger partial charge on any atom is 0.101 e. The zero-order chi connectivity index (χ0) is 11.5. The van der Waals surface area contributed by atoms with Gasteiger partial charge in [0.05, 0.1) is 6.26 Å². The van der Waals surface area contributed by atoms with Crippen LogP contribution < -0.4 is 5.73 Å². The number of benzene rings is 1. The van der Waals surface area contributed by atoms with Crippen molar-refractivity contribution < 1.29 is 4.42 Å². The molecule has 1 aromatic heterocycles. The van der Waals surface area contributed by atoms with E-state index in [1.165, 1.54) is 11.1 Å². The first-order valence-corrected chi connectivity index (χ1v) is 5.51. The normalized spacial score (nSPS) is 12.7. The third-order valence-electron chi connectivity index (χ3n) is 2.72. The fourth-order valence-corrected chi connectivity index (χ4v) is 1.87. The highest BCUT2D eigenvalue weighted by molar-refractivity contribution is 5.25. The summed E-state index contributed by atoms with van der Waals surface area (Å²) < 4.78 is 5.27. The summed E-state index contributed by atoms with van der Waals surface area (Å²) in [7, 11) is 0. The SMILES string of the molecule is Cc1cccc(CC(N)c2coc(C)c2)c1. The number of furan rings is 1. The number of aryl methyl sites for hydroxylation is 2. The van der Waals surface area contributed by atoms with Gasteiger partial charge in [0.25, 0.3) is 0 Å². The minimum absolute atomic E-state index is 0.0132. The van der Waals surface area contributed by atoms with Crippen LogP contribution in [0.5, 0.6) is 0 Å². The smallest absolute Gasteiger partial charge is 0.101 e. The molecule has 0 saturated carbocycles. The standard InChI is InChI=1S/C14H17NO/c1-10-4-3-5-12(6-10)8-14(15)13-7-11(2)16-9-13/h3-7,9,14H,8,15H2,1-2H3. The maximum atomic E-state index is 6.13. The topological polar surface area (TPSA) is 39.2 Å². The van der Waals surface area contributed by atoms with Gasteiger partial charge in [-0.25, -0.2) is 0 Å². The van der Waals surface area contributed by atoms with Gasteiger partial charge in [0.15, 0.2) is 0 Å². The Balaban J connectivity index is 2.10. The molecule has 2 aromatic rings. The van der Waals surface area contributed by atoms with E-state index in [4.69, 9.17) is 10.2 Å². The molecule has 0 amide bonds. The van der Waals surface area contributed by atoms with Crippen molar-refractivity contribution in [3.63, 3.8) is 0 Å². The van der Waals surface area contributed by atoms with E-state index in [0.717, 1.165) is 17.7 Å². The Labute approximate surface area is 96.1 Å². The van der Waals surface area contributed by atoms with Crippen LogP contribution in [0.2, 0.25) is 0 Å². The highest BCUT2D eigenvalue weighted by Crippen LogP contribution is 2.18. The summed E-state index contributed by atoms with van der Waals surface area (Å²) in [6.45, 7) is 4.03. The van der Waals surface area contributed by atoms with Crippen LogP contribution in [0, 0.1) is 13.8 Å². The first kappa shape index (κ1) is 11.0. The highest BCUT2D eigenvalue weighted by atomic mass is 16.3. The van der Waals surface area contributed by atoms with Gasteiger partial charge >= 0.3 is 0 Å². The van der Waals surface area contributed by atoms with Crippen LogP contribution in [0.4, 0.5) is 0 Å². The third kappa shape index (κ3) is 2.52. The molecule has 0 aliphatic carbocycles. The van der Waals surface area contributed by atoms with Gasteiger partial charge < -0.3 is 10.2 Å². The lowest BCUT2D eigenvalue weighted by atomic mass is 10.0. The summed E-state index contributed by atoms with van der Waals surface area (Å²) in [5, 5.41) is 0. The maximum absolute atomic E-state index is 6.13. The molecule has 0 fully saturated rings. The van der Waals surface area contributed by atoms with Gasteiger partial charge in [0, 0.05) is 11.6 Å². The molecular weight excluding hydrogens is 198 g/mol. The van der Waals surface area contributed by atoms with Crippen molar-refractivity contribution in [3.05, 3.63) is 59.0 Å². The Morgan fingerprint density at radius 2 is 2.06 bits per heavy atom. The molecular formula is C14H17NO. The van der Waals surface area contributed by atoms with E-state index >= 15 is 0 Å². The fraction of sp³-hybridized carbons (Fsp3) is 0.286. The van der Waals surface area contributed by atoms with Crippen LogP contribution >= 0.6 is 0 Å².